The summed E-state index contributed by atoms with van der Waals surface area (Å²) in [6.45, 7) is 8.42. The van der Waals surface area contributed by atoms with E-state index in [1.807, 2.05) is 32.6 Å². The Morgan fingerprint density at radius 2 is 1.78 bits per heavy atom. The predicted octanol–water partition coefficient (Wildman–Crippen LogP) is 4.58. The van der Waals surface area contributed by atoms with Crippen LogP contribution in [0.3, 0.4) is 0 Å². The molecule has 0 atom stereocenters. The monoisotopic (exact) mass is 512 g/mol. The molecule has 0 bridgehead atoms. The number of rotatable bonds is 7. The number of thiocarbonyl (C=S) groups is 1. The molecular formula is C22H25BrN8S. The summed E-state index contributed by atoms with van der Waals surface area (Å²) in [4.78, 5) is 0. The average molecular weight is 513 g/mol. The Morgan fingerprint density at radius 1 is 1.00 bits per heavy atom. The lowest BCUT2D eigenvalue weighted by Gasteiger charge is -2.07. The van der Waals surface area contributed by atoms with Crippen LogP contribution in [0.4, 0.5) is 11.5 Å². The average Bonchev–Trinajstić information content (AvgIpc) is 3.44. The van der Waals surface area contributed by atoms with Crippen LogP contribution in [0.5, 0.6) is 0 Å². The SMILES string of the molecule is CCn1ncc(Cn2cc(NC(=S)Nc3nn(Cc4ccc(C)cc4)cc3Br)cn2)c1C. The van der Waals surface area contributed by atoms with Gasteiger partial charge in [-0.1, -0.05) is 29.8 Å². The van der Waals surface area contributed by atoms with Gasteiger partial charge in [-0.15, -0.1) is 0 Å². The lowest BCUT2D eigenvalue weighted by atomic mass is 10.1. The molecule has 4 rings (SSSR count). The molecule has 0 aliphatic heterocycles. The number of hydrogen-bond acceptors (Lipinski definition) is 4. The van der Waals surface area contributed by atoms with Crippen LogP contribution in [0.25, 0.3) is 0 Å². The molecule has 0 fully saturated rings. The molecule has 166 valence electrons. The smallest absolute Gasteiger partial charge is 0.176 e. The molecule has 8 nitrogen and oxygen atoms in total. The number of anilines is 2. The molecule has 10 heteroatoms. The lowest BCUT2D eigenvalue weighted by molar-refractivity contribution is 0.633. The van der Waals surface area contributed by atoms with Crippen LogP contribution < -0.4 is 10.6 Å². The Bertz CT molecular complexity index is 1220. The molecule has 2 N–H and O–H groups in total. The predicted molar refractivity (Wildman–Crippen MR) is 134 cm³/mol. The Balaban J connectivity index is 1.35. The molecule has 3 heterocycles. The summed E-state index contributed by atoms with van der Waals surface area (Å²) in [6.07, 6.45) is 7.49. The number of halogens is 1. The number of aryl methyl sites for hydroxylation is 2. The molecule has 0 saturated carbocycles. The number of nitrogens with zero attached hydrogens (tertiary/aromatic N) is 6. The van der Waals surface area contributed by atoms with Gasteiger partial charge in [-0.3, -0.25) is 14.0 Å². The van der Waals surface area contributed by atoms with E-state index in [1.54, 1.807) is 6.20 Å². The third-order valence-corrected chi connectivity index (χ3v) is 5.93. The van der Waals surface area contributed by atoms with Crippen molar-refractivity contribution in [2.75, 3.05) is 10.6 Å². The van der Waals surface area contributed by atoms with E-state index in [0.29, 0.717) is 24.0 Å². The second-order valence-corrected chi connectivity index (χ2v) is 8.85. The van der Waals surface area contributed by atoms with E-state index in [1.165, 1.54) is 11.1 Å². The maximum atomic E-state index is 5.47. The molecule has 32 heavy (non-hydrogen) atoms. The summed E-state index contributed by atoms with van der Waals surface area (Å²) in [7, 11) is 0. The van der Waals surface area contributed by atoms with Gasteiger partial charge in [0.25, 0.3) is 0 Å². The van der Waals surface area contributed by atoms with Crippen molar-refractivity contribution in [2.24, 2.45) is 0 Å². The molecule has 1 aromatic carbocycles. The molecule has 3 aromatic heterocycles. The van der Waals surface area contributed by atoms with E-state index >= 15 is 0 Å². The van der Waals surface area contributed by atoms with Crippen molar-refractivity contribution in [3.63, 3.8) is 0 Å². The fourth-order valence-corrected chi connectivity index (χ4v) is 3.99. The van der Waals surface area contributed by atoms with E-state index in [2.05, 4.69) is 86.9 Å². The van der Waals surface area contributed by atoms with Gasteiger partial charge in [0, 0.05) is 30.2 Å². The van der Waals surface area contributed by atoms with Crippen LogP contribution in [-0.2, 0) is 19.6 Å². The van der Waals surface area contributed by atoms with E-state index in [4.69, 9.17) is 12.2 Å². The van der Waals surface area contributed by atoms with Gasteiger partial charge in [-0.05, 0) is 54.5 Å². The van der Waals surface area contributed by atoms with E-state index < -0.39 is 0 Å². The zero-order chi connectivity index (χ0) is 22.7. The fraction of sp³-hybridized carbons (Fsp3) is 0.273. The van der Waals surface area contributed by atoms with Crippen molar-refractivity contribution >= 4 is 44.8 Å². The van der Waals surface area contributed by atoms with Gasteiger partial charge in [-0.2, -0.15) is 15.3 Å². The highest BCUT2D eigenvalue weighted by Crippen LogP contribution is 2.21. The Kier molecular flexibility index (Phi) is 6.71. The highest BCUT2D eigenvalue weighted by molar-refractivity contribution is 9.10. The first-order chi connectivity index (χ1) is 15.4. The molecular weight excluding hydrogens is 488 g/mol. The molecule has 0 unspecified atom stereocenters. The summed E-state index contributed by atoms with van der Waals surface area (Å²) in [5.74, 6) is 0.657. The van der Waals surface area contributed by atoms with Crippen LogP contribution in [0, 0.1) is 13.8 Å². The van der Waals surface area contributed by atoms with Crippen molar-refractivity contribution in [2.45, 2.75) is 40.4 Å². The van der Waals surface area contributed by atoms with E-state index in [9.17, 15) is 0 Å². The van der Waals surface area contributed by atoms with Gasteiger partial charge in [0.2, 0.25) is 0 Å². The third-order valence-electron chi connectivity index (χ3n) is 5.14. The first kappa shape index (κ1) is 22.2. The zero-order valence-corrected chi connectivity index (χ0v) is 20.6. The maximum absolute atomic E-state index is 5.47. The first-order valence-corrected chi connectivity index (χ1v) is 11.5. The topological polar surface area (TPSA) is 77.5 Å². The van der Waals surface area contributed by atoms with Crippen molar-refractivity contribution < 1.29 is 0 Å². The Hall–Kier alpha value is -2.98. The van der Waals surface area contributed by atoms with Crippen LogP contribution in [-0.4, -0.2) is 34.5 Å². The minimum Gasteiger partial charge on any atom is -0.330 e. The summed E-state index contributed by atoms with van der Waals surface area (Å²) in [5.41, 5.74) is 5.53. The zero-order valence-electron chi connectivity index (χ0n) is 18.2. The fourth-order valence-electron chi connectivity index (χ4n) is 3.36. The van der Waals surface area contributed by atoms with Crippen molar-refractivity contribution in [1.29, 1.82) is 0 Å². The Morgan fingerprint density at radius 3 is 2.50 bits per heavy atom. The van der Waals surface area contributed by atoms with Crippen LogP contribution in [0.1, 0.15) is 29.3 Å². The van der Waals surface area contributed by atoms with Gasteiger partial charge in [0.05, 0.1) is 35.6 Å². The first-order valence-electron chi connectivity index (χ1n) is 10.3. The van der Waals surface area contributed by atoms with Gasteiger partial charge in [-0.25, -0.2) is 0 Å². The van der Waals surface area contributed by atoms with Crippen LogP contribution in [0.15, 0.2) is 53.5 Å². The summed E-state index contributed by atoms with van der Waals surface area (Å²) < 4.78 is 6.55. The highest BCUT2D eigenvalue weighted by Gasteiger charge is 2.11. The van der Waals surface area contributed by atoms with Crippen molar-refractivity contribution in [1.82, 2.24) is 29.3 Å². The van der Waals surface area contributed by atoms with E-state index in [0.717, 1.165) is 28.0 Å². The quantitative estimate of drug-likeness (QED) is 0.353. The number of nitrogens with one attached hydrogen (secondary N) is 2. The molecule has 4 aromatic rings. The standard InChI is InChI=1S/C22H25BrN8S/c1-4-31-16(3)18(9-25-31)12-29-13-19(10-24-29)26-22(32)27-21-20(23)14-30(28-21)11-17-7-5-15(2)6-8-17/h5-10,13-14H,4,11-12H2,1-3H3,(H2,26,27,28,32). The second-order valence-electron chi connectivity index (χ2n) is 7.59. The number of benzene rings is 1. The molecule has 0 spiro atoms. The molecule has 0 aliphatic carbocycles. The minimum atomic E-state index is 0.445. The Labute approximate surface area is 200 Å². The highest BCUT2D eigenvalue weighted by atomic mass is 79.9. The van der Waals surface area contributed by atoms with Gasteiger partial charge >= 0.3 is 0 Å². The molecule has 0 aliphatic rings. The number of hydrogen-bond donors (Lipinski definition) is 2. The summed E-state index contributed by atoms with van der Waals surface area (Å²) in [6, 6.07) is 8.42. The molecule has 0 radical (unpaired) electrons. The van der Waals surface area contributed by atoms with E-state index in [-0.39, 0.29) is 0 Å². The number of aromatic nitrogens is 6. The third kappa shape index (κ3) is 5.25. The molecule has 0 amide bonds. The summed E-state index contributed by atoms with van der Waals surface area (Å²) >= 11 is 9.02. The second kappa shape index (κ2) is 9.66. The summed E-state index contributed by atoms with van der Waals surface area (Å²) in [5, 5.41) is 20.2. The van der Waals surface area contributed by atoms with Gasteiger partial charge in [0.15, 0.2) is 10.9 Å². The molecule has 0 saturated heterocycles. The van der Waals surface area contributed by atoms with Crippen LogP contribution >= 0.6 is 28.1 Å². The lowest BCUT2D eigenvalue weighted by Crippen LogP contribution is -2.19. The van der Waals surface area contributed by atoms with Gasteiger partial charge < -0.3 is 10.6 Å². The van der Waals surface area contributed by atoms with Crippen LogP contribution in [0.2, 0.25) is 0 Å². The van der Waals surface area contributed by atoms with Crippen molar-refractivity contribution in [3.8, 4) is 0 Å². The minimum absolute atomic E-state index is 0.445. The largest absolute Gasteiger partial charge is 0.330 e. The van der Waals surface area contributed by atoms with Gasteiger partial charge in [0.1, 0.15) is 0 Å². The normalized spacial score (nSPS) is 11.0. The van der Waals surface area contributed by atoms with Crippen molar-refractivity contribution in [3.05, 3.63) is 75.9 Å². The maximum Gasteiger partial charge on any atom is 0.176 e.